The third kappa shape index (κ3) is 4.11. The molecule has 8 heteroatoms. The fourth-order valence-electron chi connectivity index (χ4n) is 3.32. The van der Waals surface area contributed by atoms with Gasteiger partial charge in [0.05, 0.1) is 5.69 Å². The highest BCUT2D eigenvalue weighted by Gasteiger charge is 2.26. The van der Waals surface area contributed by atoms with Gasteiger partial charge < -0.3 is 19.7 Å². The predicted octanol–water partition coefficient (Wildman–Crippen LogP) is 2.30. The van der Waals surface area contributed by atoms with Gasteiger partial charge in [0.25, 0.3) is 0 Å². The van der Waals surface area contributed by atoms with Crippen molar-refractivity contribution in [1.82, 2.24) is 14.5 Å². The van der Waals surface area contributed by atoms with E-state index in [-0.39, 0.29) is 5.69 Å². The predicted molar refractivity (Wildman–Crippen MR) is 107 cm³/mol. The number of anilines is 2. The molecule has 1 N–H and O–H groups in total. The van der Waals surface area contributed by atoms with Crippen molar-refractivity contribution in [2.45, 2.75) is 0 Å². The Morgan fingerprint density at radius 1 is 0.931 bits per heavy atom. The Morgan fingerprint density at radius 2 is 1.62 bits per heavy atom. The third-order valence-electron chi connectivity index (χ3n) is 4.89. The number of amides is 2. The van der Waals surface area contributed by atoms with Gasteiger partial charge in [0.15, 0.2) is 0 Å². The minimum atomic E-state index is -0.842. The van der Waals surface area contributed by atoms with Gasteiger partial charge in [-0.1, -0.05) is 0 Å². The molecule has 0 saturated carbocycles. The number of hydrogen-bond donors (Lipinski definition) is 1. The largest absolute Gasteiger partial charge is 0.368 e. The zero-order valence-corrected chi connectivity index (χ0v) is 15.7. The molecule has 1 saturated heterocycles. The molecule has 0 radical (unpaired) electrons. The second kappa shape index (κ2) is 8.14. The first kappa shape index (κ1) is 18.7. The summed E-state index contributed by atoms with van der Waals surface area (Å²) in [5, 5.41) is 2.41. The van der Waals surface area contributed by atoms with Crippen LogP contribution in [0.15, 0.2) is 67.3 Å². The van der Waals surface area contributed by atoms with E-state index in [2.05, 4.69) is 15.2 Å². The first-order chi connectivity index (χ1) is 14.1. The topological polar surface area (TPSA) is 70.5 Å². The minimum Gasteiger partial charge on any atom is -0.368 e. The van der Waals surface area contributed by atoms with Gasteiger partial charge in [0, 0.05) is 62.3 Å². The Balaban J connectivity index is 1.39. The van der Waals surface area contributed by atoms with E-state index >= 15 is 0 Å². The van der Waals surface area contributed by atoms with Crippen LogP contribution in [0.25, 0.3) is 5.69 Å². The lowest BCUT2D eigenvalue weighted by Crippen LogP contribution is -2.51. The number of carbonyl (C=O) groups excluding carboxylic acids is 2. The SMILES string of the molecule is O=C(Nc1cc(-n2cccc2)ccc1F)C(=O)N1CCN(c2ccncc2)CC1. The summed E-state index contributed by atoms with van der Waals surface area (Å²) in [5.74, 6) is -2.10. The summed E-state index contributed by atoms with van der Waals surface area (Å²) in [6.07, 6.45) is 7.06. The molecular weight excluding hydrogens is 373 g/mol. The molecule has 7 nitrogen and oxygen atoms in total. The first-order valence-corrected chi connectivity index (χ1v) is 9.30. The second-order valence-electron chi connectivity index (χ2n) is 6.69. The van der Waals surface area contributed by atoms with E-state index in [1.807, 2.05) is 36.7 Å². The smallest absolute Gasteiger partial charge is 0.313 e. The van der Waals surface area contributed by atoms with Gasteiger partial charge in [-0.2, -0.15) is 0 Å². The van der Waals surface area contributed by atoms with Gasteiger partial charge >= 0.3 is 11.8 Å². The third-order valence-corrected chi connectivity index (χ3v) is 4.89. The van der Waals surface area contributed by atoms with E-state index in [1.54, 1.807) is 23.0 Å². The van der Waals surface area contributed by atoms with Crippen LogP contribution in [-0.4, -0.2) is 52.4 Å². The molecule has 148 valence electrons. The number of hydrogen-bond acceptors (Lipinski definition) is 4. The molecule has 1 fully saturated rings. The second-order valence-corrected chi connectivity index (χ2v) is 6.69. The van der Waals surface area contributed by atoms with Crippen molar-refractivity contribution in [3.8, 4) is 5.69 Å². The van der Waals surface area contributed by atoms with Crippen LogP contribution in [0.3, 0.4) is 0 Å². The number of pyridine rings is 1. The number of aromatic nitrogens is 2. The van der Waals surface area contributed by atoms with E-state index in [1.165, 1.54) is 17.0 Å². The lowest BCUT2D eigenvalue weighted by molar-refractivity contribution is -0.143. The normalized spacial score (nSPS) is 14.0. The molecule has 3 heterocycles. The van der Waals surface area contributed by atoms with Crippen molar-refractivity contribution >= 4 is 23.2 Å². The number of rotatable bonds is 3. The van der Waals surface area contributed by atoms with Crippen molar-refractivity contribution < 1.29 is 14.0 Å². The molecule has 1 aliphatic rings. The maximum Gasteiger partial charge on any atom is 0.313 e. The minimum absolute atomic E-state index is 0.0232. The molecule has 1 aromatic carbocycles. The number of nitrogens with zero attached hydrogens (tertiary/aromatic N) is 4. The van der Waals surface area contributed by atoms with Crippen molar-refractivity contribution in [2.24, 2.45) is 0 Å². The zero-order chi connectivity index (χ0) is 20.2. The van der Waals surface area contributed by atoms with Gasteiger partial charge in [0.1, 0.15) is 5.82 Å². The van der Waals surface area contributed by atoms with E-state index in [4.69, 9.17) is 0 Å². The van der Waals surface area contributed by atoms with Crippen molar-refractivity contribution in [3.05, 3.63) is 73.1 Å². The molecule has 2 aromatic heterocycles. The van der Waals surface area contributed by atoms with Gasteiger partial charge in [-0.3, -0.25) is 14.6 Å². The molecule has 0 unspecified atom stereocenters. The summed E-state index contributed by atoms with van der Waals surface area (Å²) < 4.78 is 15.9. The summed E-state index contributed by atoms with van der Waals surface area (Å²) in [7, 11) is 0. The summed E-state index contributed by atoms with van der Waals surface area (Å²) in [5.41, 5.74) is 1.69. The molecule has 0 aliphatic carbocycles. The number of piperazine rings is 1. The standard InChI is InChI=1S/C21H20FN5O2/c22-18-4-3-17(25-9-1-2-10-25)15-19(18)24-20(28)21(29)27-13-11-26(12-14-27)16-5-7-23-8-6-16/h1-10,15H,11-14H2,(H,24,28). The fraction of sp³-hybridized carbons (Fsp3) is 0.190. The van der Waals surface area contributed by atoms with Crippen LogP contribution in [0.2, 0.25) is 0 Å². The van der Waals surface area contributed by atoms with E-state index in [0.717, 1.165) is 5.69 Å². The fourth-order valence-corrected chi connectivity index (χ4v) is 3.32. The average Bonchev–Trinajstić information content (AvgIpc) is 3.30. The van der Waals surface area contributed by atoms with Crippen molar-refractivity contribution in [3.63, 3.8) is 0 Å². The number of halogens is 1. The van der Waals surface area contributed by atoms with E-state index in [9.17, 15) is 14.0 Å². The van der Waals surface area contributed by atoms with Crippen LogP contribution in [0, 0.1) is 5.82 Å². The van der Waals surface area contributed by atoms with Crippen LogP contribution < -0.4 is 10.2 Å². The van der Waals surface area contributed by atoms with E-state index in [0.29, 0.717) is 31.9 Å². The highest BCUT2D eigenvalue weighted by molar-refractivity contribution is 6.39. The molecule has 29 heavy (non-hydrogen) atoms. The van der Waals surface area contributed by atoms with Crippen LogP contribution in [-0.2, 0) is 9.59 Å². The quantitative estimate of drug-likeness (QED) is 0.694. The van der Waals surface area contributed by atoms with Crippen molar-refractivity contribution in [2.75, 3.05) is 36.4 Å². The summed E-state index contributed by atoms with van der Waals surface area (Å²) in [6, 6.07) is 11.9. The molecule has 1 aliphatic heterocycles. The number of carbonyl (C=O) groups is 2. The monoisotopic (exact) mass is 393 g/mol. The number of nitrogens with one attached hydrogen (secondary N) is 1. The van der Waals surface area contributed by atoms with Gasteiger partial charge in [-0.15, -0.1) is 0 Å². The Labute approximate surface area is 167 Å². The van der Waals surface area contributed by atoms with Crippen LogP contribution >= 0.6 is 0 Å². The molecule has 2 amide bonds. The summed E-state index contributed by atoms with van der Waals surface area (Å²) >= 11 is 0. The number of benzene rings is 1. The average molecular weight is 393 g/mol. The van der Waals surface area contributed by atoms with Gasteiger partial charge in [-0.25, -0.2) is 4.39 Å². The molecular formula is C21H20FN5O2. The maximum atomic E-state index is 14.2. The Morgan fingerprint density at radius 3 is 2.31 bits per heavy atom. The molecule has 4 rings (SSSR count). The molecule has 3 aromatic rings. The summed E-state index contributed by atoms with van der Waals surface area (Å²) in [6.45, 7) is 2.06. The molecule has 0 spiro atoms. The van der Waals surface area contributed by atoms with E-state index < -0.39 is 17.6 Å². The maximum absolute atomic E-state index is 14.2. The first-order valence-electron chi connectivity index (χ1n) is 9.30. The van der Waals surface area contributed by atoms with Crippen molar-refractivity contribution in [1.29, 1.82) is 0 Å². The Bertz CT molecular complexity index is 999. The zero-order valence-electron chi connectivity index (χ0n) is 15.7. The summed E-state index contributed by atoms with van der Waals surface area (Å²) in [4.78, 5) is 32.6. The Hall–Kier alpha value is -3.68. The van der Waals surface area contributed by atoms with Crippen LogP contribution in [0.5, 0.6) is 0 Å². The van der Waals surface area contributed by atoms with Gasteiger partial charge in [0.2, 0.25) is 0 Å². The van der Waals surface area contributed by atoms with Gasteiger partial charge in [-0.05, 0) is 42.5 Å². The van der Waals surface area contributed by atoms with Crippen LogP contribution in [0.1, 0.15) is 0 Å². The van der Waals surface area contributed by atoms with Crippen LogP contribution in [0.4, 0.5) is 15.8 Å². The highest BCUT2D eigenvalue weighted by atomic mass is 19.1. The lowest BCUT2D eigenvalue weighted by Gasteiger charge is -2.35. The molecule has 0 bridgehead atoms. The highest BCUT2D eigenvalue weighted by Crippen LogP contribution is 2.20. The Kier molecular flexibility index (Phi) is 5.24. The molecule has 0 atom stereocenters. The lowest BCUT2D eigenvalue weighted by atomic mass is 10.2.